The minimum Gasteiger partial charge on any atom is -0.466 e. The molecule has 0 saturated carbocycles. The van der Waals surface area contributed by atoms with Crippen LogP contribution in [0.1, 0.15) is 240 Å². The number of rotatable bonds is 39. The Kier molecular flexibility index (Phi) is 35.4. The largest absolute Gasteiger partial charge is 0.466 e. The van der Waals surface area contributed by atoms with E-state index in [-0.39, 0.29) is 30.6 Å². The fraction of sp³-hybridized carbons (Fsp3) is 0.955. The van der Waals surface area contributed by atoms with Gasteiger partial charge in [-0.2, -0.15) is 0 Å². The Morgan fingerprint density at radius 2 is 0.960 bits per heavy atom. The summed E-state index contributed by atoms with van der Waals surface area (Å²) in [4.78, 5) is 26.3. The van der Waals surface area contributed by atoms with Gasteiger partial charge in [0, 0.05) is 13.0 Å². The molecule has 0 bridgehead atoms. The van der Waals surface area contributed by atoms with Crippen molar-refractivity contribution >= 4 is 11.9 Å². The molecular formula is C44H87NO5. The molecule has 50 heavy (non-hydrogen) atoms. The van der Waals surface area contributed by atoms with Crippen LogP contribution in [0.2, 0.25) is 0 Å². The van der Waals surface area contributed by atoms with Crippen molar-refractivity contribution in [3.05, 3.63) is 0 Å². The number of esters is 2. The van der Waals surface area contributed by atoms with E-state index in [0.717, 1.165) is 96.3 Å². The number of carbonyl (C=O) groups is 2. The molecule has 0 aromatic rings. The zero-order chi connectivity index (χ0) is 37.0. The Labute approximate surface area is 311 Å². The van der Waals surface area contributed by atoms with Gasteiger partial charge in [-0.25, -0.2) is 0 Å². The lowest BCUT2D eigenvalue weighted by Crippen LogP contribution is -2.56. The first kappa shape index (κ1) is 48.9. The number of carbonyl (C=O) groups excluding carboxylic acids is 2. The Morgan fingerprint density at radius 1 is 0.540 bits per heavy atom. The first-order valence-corrected chi connectivity index (χ1v) is 22.2. The van der Waals surface area contributed by atoms with Gasteiger partial charge in [0.2, 0.25) is 0 Å². The molecule has 0 aromatic heterocycles. The van der Waals surface area contributed by atoms with Crippen LogP contribution in [0.15, 0.2) is 0 Å². The monoisotopic (exact) mass is 710 g/mol. The number of hydrogen-bond acceptors (Lipinski definition) is 6. The lowest BCUT2D eigenvalue weighted by molar-refractivity contribution is -0.160. The number of ether oxygens (including phenoxy) is 2. The summed E-state index contributed by atoms with van der Waals surface area (Å²) >= 11 is 0. The van der Waals surface area contributed by atoms with Gasteiger partial charge in [-0.05, 0) is 63.7 Å². The van der Waals surface area contributed by atoms with Crippen LogP contribution < -0.4 is 5.73 Å². The third-order valence-electron chi connectivity index (χ3n) is 10.8. The molecule has 0 aliphatic rings. The first-order valence-electron chi connectivity index (χ1n) is 22.2. The van der Waals surface area contributed by atoms with Crippen LogP contribution in [0.5, 0.6) is 0 Å². The van der Waals surface area contributed by atoms with Crippen molar-refractivity contribution in [2.45, 2.75) is 251 Å². The van der Waals surface area contributed by atoms with Gasteiger partial charge in [-0.3, -0.25) is 9.59 Å². The minimum atomic E-state index is -1.07. The maximum Gasteiger partial charge on any atom is 0.326 e. The minimum absolute atomic E-state index is 0.0387. The molecule has 0 radical (unpaired) electrons. The van der Waals surface area contributed by atoms with Crippen LogP contribution in [0, 0.1) is 5.92 Å². The van der Waals surface area contributed by atoms with Gasteiger partial charge in [-0.1, -0.05) is 175 Å². The third kappa shape index (κ3) is 27.5. The summed E-state index contributed by atoms with van der Waals surface area (Å²) in [7, 11) is 0. The second kappa shape index (κ2) is 36.2. The molecule has 298 valence electrons. The molecule has 0 aliphatic heterocycles. The predicted octanol–water partition coefficient (Wildman–Crippen LogP) is 12.7. The van der Waals surface area contributed by atoms with Crippen LogP contribution in [0.4, 0.5) is 0 Å². The van der Waals surface area contributed by atoms with Gasteiger partial charge >= 0.3 is 11.9 Å². The van der Waals surface area contributed by atoms with Crippen molar-refractivity contribution in [2.75, 3.05) is 13.2 Å². The summed E-state index contributed by atoms with van der Waals surface area (Å²) in [5.74, 6) is -0.394. The average molecular weight is 710 g/mol. The van der Waals surface area contributed by atoms with Crippen molar-refractivity contribution in [2.24, 2.45) is 11.7 Å². The molecule has 0 saturated heterocycles. The van der Waals surface area contributed by atoms with Gasteiger partial charge in [0.1, 0.15) is 11.6 Å². The highest BCUT2D eigenvalue weighted by Gasteiger charge is 2.43. The number of aliphatic hydroxyl groups is 1. The SMILES string of the molecule is CCCCCCCCCOC(=O)CCCCCCCC(N)(C(=O)OC(CCCCCCCC)CCCCCCCC)C(CCO)CCCCC. The van der Waals surface area contributed by atoms with Crippen LogP contribution in [0.3, 0.4) is 0 Å². The zero-order valence-corrected chi connectivity index (χ0v) is 34.1. The highest BCUT2D eigenvalue weighted by Crippen LogP contribution is 2.32. The van der Waals surface area contributed by atoms with E-state index >= 15 is 0 Å². The van der Waals surface area contributed by atoms with E-state index < -0.39 is 5.54 Å². The number of aliphatic hydroxyl groups excluding tert-OH is 1. The molecule has 3 N–H and O–H groups in total. The lowest BCUT2D eigenvalue weighted by atomic mass is 9.75. The van der Waals surface area contributed by atoms with Crippen molar-refractivity contribution in [1.82, 2.24) is 0 Å². The second-order valence-electron chi connectivity index (χ2n) is 15.5. The van der Waals surface area contributed by atoms with Gasteiger partial charge in [0.15, 0.2) is 0 Å². The van der Waals surface area contributed by atoms with Crippen LogP contribution in [-0.2, 0) is 19.1 Å². The number of unbranched alkanes of at least 4 members (excludes halogenated alkanes) is 22. The molecule has 2 unspecified atom stereocenters. The van der Waals surface area contributed by atoms with E-state index in [4.69, 9.17) is 15.2 Å². The average Bonchev–Trinajstić information content (AvgIpc) is 3.11. The summed E-state index contributed by atoms with van der Waals surface area (Å²) in [5, 5.41) is 10.0. The zero-order valence-electron chi connectivity index (χ0n) is 34.1. The summed E-state index contributed by atoms with van der Waals surface area (Å²) in [5.41, 5.74) is 6.08. The molecule has 2 atom stereocenters. The fourth-order valence-electron chi connectivity index (χ4n) is 7.29. The third-order valence-corrected chi connectivity index (χ3v) is 10.8. The fourth-order valence-corrected chi connectivity index (χ4v) is 7.29. The normalized spacial score (nSPS) is 13.4. The molecule has 0 aliphatic carbocycles. The maximum absolute atomic E-state index is 14.1. The van der Waals surface area contributed by atoms with E-state index in [1.807, 2.05) is 0 Å². The Balaban J connectivity index is 5.05. The quantitative estimate of drug-likeness (QED) is 0.0487. The molecule has 0 heterocycles. The van der Waals surface area contributed by atoms with Crippen LogP contribution in [0.25, 0.3) is 0 Å². The highest BCUT2D eigenvalue weighted by molar-refractivity contribution is 5.81. The summed E-state index contributed by atoms with van der Waals surface area (Å²) < 4.78 is 11.9. The molecule has 6 nitrogen and oxygen atoms in total. The standard InChI is InChI=1S/C44H87NO5/c1-5-9-13-16-19-25-31-39-49-42(47)35-29-23-20-24-30-37-44(45,40(36-38-46)32-26-12-8-4)43(48)50-41(33-27-21-17-14-10-6-2)34-28-22-18-15-11-7-3/h40-41,46H,5-39,45H2,1-4H3. The molecule has 6 heteroatoms. The number of hydrogen-bond donors (Lipinski definition) is 2. The van der Waals surface area contributed by atoms with Crippen molar-refractivity contribution < 1.29 is 24.2 Å². The lowest BCUT2D eigenvalue weighted by Gasteiger charge is -2.37. The van der Waals surface area contributed by atoms with Gasteiger partial charge in [0.05, 0.1) is 6.61 Å². The molecule has 0 spiro atoms. The molecule has 0 rings (SSSR count). The van der Waals surface area contributed by atoms with Crippen molar-refractivity contribution in [1.29, 1.82) is 0 Å². The highest BCUT2D eigenvalue weighted by atomic mass is 16.5. The van der Waals surface area contributed by atoms with E-state index in [9.17, 15) is 14.7 Å². The van der Waals surface area contributed by atoms with Crippen LogP contribution in [-0.4, -0.2) is 41.9 Å². The molecule has 0 fully saturated rings. The van der Waals surface area contributed by atoms with E-state index in [1.165, 1.54) is 96.3 Å². The smallest absolute Gasteiger partial charge is 0.326 e. The predicted molar refractivity (Wildman–Crippen MR) is 213 cm³/mol. The Hall–Kier alpha value is -1.14. The summed E-state index contributed by atoms with van der Waals surface area (Å²) in [6.07, 6.45) is 35.4. The van der Waals surface area contributed by atoms with Gasteiger partial charge < -0.3 is 20.3 Å². The first-order chi connectivity index (χ1) is 24.4. The Bertz CT molecular complexity index is 730. The van der Waals surface area contributed by atoms with Gasteiger partial charge in [0.25, 0.3) is 0 Å². The maximum atomic E-state index is 14.1. The molecule has 0 amide bonds. The second-order valence-corrected chi connectivity index (χ2v) is 15.5. The van der Waals surface area contributed by atoms with E-state index in [0.29, 0.717) is 25.9 Å². The number of nitrogens with two attached hydrogens (primary N) is 1. The van der Waals surface area contributed by atoms with E-state index in [2.05, 4.69) is 27.7 Å². The topological polar surface area (TPSA) is 98.9 Å². The van der Waals surface area contributed by atoms with Crippen molar-refractivity contribution in [3.63, 3.8) is 0 Å². The summed E-state index contributed by atoms with van der Waals surface area (Å²) in [6.45, 7) is 9.51. The Morgan fingerprint density at radius 3 is 1.48 bits per heavy atom. The van der Waals surface area contributed by atoms with Gasteiger partial charge in [-0.15, -0.1) is 0 Å². The molecular weight excluding hydrogens is 622 g/mol. The van der Waals surface area contributed by atoms with E-state index in [1.54, 1.807) is 0 Å². The van der Waals surface area contributed by atoms with Crippen LogP contribution >= 0.6 is 0 Å². The molecule has 0 aromatic carbocycles. The van der Waals surface area contributed by atoms with Crippen molar-refractivity contribution in [3.8, 4) is 0 Å². The summed E-state index contributed by atoms with van der Waals surface area (Å²) in [6, 6.07) is 0.